The third kappa shape index (κ3) is 1.56. The molecule has 0 amide bonds. The molecule has 1 aromatic carbocycles. The van der Waals surface area contributed by atoms with Gasteiger partial charge >= 0.3 is 0 Å². The van der Waals surface area contributed by atoms with Crippen LogP contribution in [0.5, 0.6) is 5.75 Å². The van der Waals surface area contributed by atoms with Crippen molar-refractivity contribution in [2.75, 3.05) is 7.11 Å². The van der Waals surface area contributed by atoms with Gasteiger partial charge < -0.3 is 4.74 Å². The van der Waals surface area contributed by atoms with Crippen LogP contribution in [0.4, 0.5) is 4.39 Å². The van der Waals surface area contributed by atoms with E-state index in [4.69, 9.17) is 10.00 Å². The van der Waals surface area contributed by atoms with Crippen LogP contribution >= 0.6 is 15.9 Å². The first kappa shape index (κ1) is 9.01. The molecule has 0 radical (unpaired) electrons. The Morgan fingerprint density at radius 3 is 2.67 bits per heavy atom. The minimum atomic E-state index is -0.538. The summed E-state index contributed by atoms with van der Waals surface area (Å²) in [7, 11) is 1.37. The molecule has 0 saturated heterocycles. The van der Waals surface area contributed by atoms with E-state index in [9.17, 15) is 4.39 Å². The Morgan fingerprint density at radius 2 is 2.25 bits per heavy atom. The van der Waals surface area contributed by atoms with E-state index in [1.807, 2.05) is 6.07 Å². The molecule has 0 fully saturated rings. The molecule has 0 aliphatic heterocycles. The molecule has 0 aliphatic carbocycles. The summed E-state index contributed by atoms with van der Waals surface area (Å²) in [6, 6.07) is 4.46. The van der Waals surface area contributed by atoms with Crippen LogP contribution in [-0.2, 0) is 0 Å². The molecule has 0 spiro atoms. The molecule has 0 saturated carbocycles. The van der Waals surface area contributed by atoms with Crippen molar-refractivity contribution in [3.8, 4) is 11.8 Å². The highest BCUT2D eigenvalue weighted by Gasteiger charge is 2.08. The minimum Gasteiger partial charge on any atom is -0.492 e. The SMILES string of the molecule is COc1c(F)cc(C#N)cc1Br. The molecule has 0 aliphatic rings. The van der Waals surface area contributed by atoms with Gasteiger partial charge in [-0.25, -0.2) is 4.39 Å². The minimum absolute atomic E-state index is 0.119. The molecule has 0 unspecified atom stereocenters. The molecule has 0 N–H and O–H groups in total. The lowest BCUT2D eigenvalue weighted by Gasteiger charge is -2.03. The predicted molar refractivity (Wildman–Crippen MR) is 45.4 cm³/mol. The number of ether oxygens (including phenoxy) is 1. The lowest BCUT2D eigenvalue weighted by molar-refractivity contribution is 0.383. The fourth-order valence-corrected chi connectivity index (χ4v) is 1.42. The molecule has 0 atom stereocenters. The zero-order valence-electron chi connectivity index (χ0n) is 6.27. The highest BCUT2D eigenvalue weighted by molar-refractivity contribution is 9.10. The van der Waals surface area contributed by atoms with E-state index in [1.165, 1.54) is 13.2 Å². The number of nitrogens with zero attached hydrogens (tertiary/aromatic N) is 1. The highest BCUT2D eigenvalue weighted by Crippen LogP contribution is 2.28. The largest absolute Gasteiger partial charge is 0.492 e. The number of methoxy groups -OCH3 is 1. The van der Waals surface area contributed by atoms with Crippen LogP contribution < -0.4 is 4.74 Å². The third-order valence-corrected chi connectivity index (χ3v) is 1.92. The Morgan fingerprint density at radius 1 is 1.58 bits per heavy atom. The summed E-state index contributed by atoms with van der Waals surface area (Å²) < 4.78 is 18.2. The molecular weight excluding hydrogens is 225 g/mol. The van der Waals surface area contributed by atoms with Crippen LogP contribution in [-0.4, -0.2) is 7.11 Å². The topological polar surface area (TPSA) is 33.0 Å². The van der Waals surface area contributed by atoms with Crippen LogP contribution in [0, 0.1) is 17.1 Å². The van der Waals surface area contributed by atoms with Gasteiger partial charge in [-0.05, 0) is 28.1 Å². The van der Waals surface area contributed by atoms with Crippen molar-refractivity contribution in [3.05, 3.63) is 28.0 Å². The van der Waals surface area contributed by atoms with Gasteiger partial charge in [0.05, 0.1) is 23.2 Å². The molecule has 0 heterocycles. The van der Waals surface area contributed by atoms with Gasteiger partial charge in [0.25, 0.3) is 0 Å². The highest BCUT2D eigenvalue weighted by atomic mass is 79.9. The predicted octanol–water partition coefficient (Wildman–Crippen LogP) is 2.47. The average molecular weight is 230 g/mol. The second-order valence-corrected chi connectivity index (χ2v) is 2.94. The maximum atomic E-state index is 13.0. The van der Waals surface area contributed by atoms with Crippen molar-refractivity contribution in [2.45, 2.75) is 0 Å². The van der Waals surface area contributed by atoms with Gasteiger partial charge in [-0.1, -0.05) is 0 Å². The van der Waals surface area contributed by atoms with Crippen LogP contribution in [0.3, 0.4) is 0 Å². The molecule has 0 aromatic heterocycles. The summed E-state index contributed by atoms with van der Waals surface area (Å²) in [5.74, 6) is -0.419. The van der Waals surface area contributed by atoms with Crippen molar-refractivity contribution in [1.82, 2.24) is 0 Å². The van der Waals surface area contributed by atoms with Crippen LogP contribution in [0.2, 0.25) is 0 Å². The van der Waals surface area contributed by atoms with Crippen molar-refractivity contribution in [2.24, 2.45) is 0 Å². The van der Waals surface area contributed by atoms with Gasteiger partial charge in [0.1, 0.15) is 0 Å². The number of halogens is 2. The number of hydrogen-bond donors (Lipinski definition) is 0. The van der Waals surface area contributed by atoms with E-state index in [1.54, 1.807) is 0 Å². The average Bonchev–Trinajstić information content (AvgIpc) is 2.03. The van der Waals surface area contributed by atoms with Gasteiger partial charge in [-0.2, -0.15) is 5.26 Å². The zero-order chi connectivity index (χ0) is 9.14. The van der Waals surface area contributed by atoms with E-state index < -0.39 is 5.82 Å². The lowest BCUT2D eigenvalue weighted by atomic mass is 10.2. The molecule has 2 nitrogen and oxygen atoms in total. The molecule has 1 aromatic rings. The van der Waals surface area contributed by atoms with Crippen LogP contribution in [0.1, 0.15) is 5.56 Å². The van der Waals surface area contributed by atoms with Crippen molar-refractivity contribution < 1.29 is 9.13 Å². The summed E-state index contributed by atoms with van der Waals surface area (Å²) in [4.78, 5) is 0. The summed E-state index contributed by atoms with van der Waals surface area (Å²) >= 11 is 3.08. The first-order chi connectivity index (χ1) is 5.69. The smallest absolute Gasteiger partial charge is 0.168 e. The quantitative estimate of drug-likeness (QED) is 0.742. The number of rotatable bonds is 1. The maximum absolute atomic E-state index is 13.0. The first-order valence-electron chi connectivity index (χ1n) is 3.12. The standard InChI is InChI=1S/C8H5BrFNO/c1-12-8-6(9)2-5(4-11)3-7(8)10/h2-3H,1H3. The Bertz CT molecular complexity index is 322. The molecule has 4 heteroatoms. The van der Waals surface area contributed by atoms with Crippen molar-refractivity contribution >= 4 is 15.9 Å². The molecule has 62 valence electrons. The number of hydrogen-bond acceptors (Lipinski definition) is 2. The van der Waals surface area contributed by atoms with Gasteiger partial charge in [0.15, 0.2) is 11.6 Å². The maximum Gasteiger partial charge on any atom is 0.168 e. The summed E-state index contributed by atoms with van der Waals surface area (Å²) in [6.45, 7) is 0. The van der Waals surface area contributed by atoms with Crippen molar-refractivity contribution in [1.29, 1.82) is 5.26 Å². The van der Waals surface area contributed by atoms with E-state index in [-0.39, 0.29) is 11.3 Å². The van der Waals surface area contributed by atoms with E-state index in [0.29, 0.717) is 4.47 Å². The van der Waals surface area contributed by atoms with Gasteiger partial charge in [0, 0.05) is 0 Å². The van der Waals surface area contributed by atoms with Gasteiger partial charge in [-0.15, -0.1) is 0 Å². The summed E-state index contributed by atoms with van der Waals surface area (Å²) in [6.07, 6.45) is 0. The monoisotopic (exact) mass is 229 g/mol. The lowest BCUT2D eigenvalue weighted by Crippen LogP contribution is -1.90. The fraction of sp³-hybridized carbons (Fsp3) is 0.125. The number of nitriles is 1. The third-order valence-electron chi connectivity index (χ3n) is 1.33. The Labute approximate surface area is 77.7 Å². The van der Waals surface area contributed by atoms with Crippen LogP contribution in [0.25, 0.3) is 0 Å². The molecule has 0 bridgehead atoms. The summed E-state index contributed by atoms with van der Waals surface area (Å²) in [5, 5.41) is 8.47. The normalized spacial score (nSPS) is 9.17. The Kier molecular flexibility index (Phi) is 2.66. The summed E-state index contributed by atoms with van der Waals surface area (Å²) in [5.41, 5.74) is 0.264. The molecule has 12 heavy (non-hydrogen) atoms. The second kappa shape index (κ2) is 3.55. The Balaban J connectivity index is 3.30. The van der Waals surface area contributed by atoms with Gasteiger partial charge in [-0.3, -0.25) is 0 Å². The molecule has 1 rings (SSSR count). The van der Waals surface area contributed by atoms with Crippen molar-refractivity contribution in [3.63, 3.8) is 0 Å². The first-order valence-corrected chi connectivity index (χ1v) is 3.91. The number of benzene rings is 1. The zero-order valence-corrected chi connectivity index (χ0v) is 7.85. The van der Waals surface area contributed by atoms with E-state index in [2.05, 4.69) is 15.9 Å². The van der Waals surface area contributed by atoms with Gasteiger partial charge in [0.2, 0.25) is 0 Å². The fourth-order valence-electron chi connectivity index (χ4n) is 0.819. The van der Waals surface area contributed by atoms with Crippen LogP contribution in [0.15, 0.2) is 16.6 Å². The molecular formula is C8H5BrFNO. The van der Waals surface area contributed by atoms with E-state index >= 15 is 0 Å². The second-order valence-electron chi connectivity index (χ2n) is 2.08. The Hall–Kier alpha value is -1.08. The van der Waals surface area contributed by atoms with E-state index in [0.717, 1.165) is 6.07 Å².